The monoisotopic (exact) mass is 975 g/mol. The number of carbonyl (C=O) groups is 6. The summed E-state index contributed by atoms with van der Waals surface area (Å²) in [5, 5.41) is 17.2. The van der Waals surface area contributed by atoms with Crippen LogP contribution in [0.4, 0.5) is 15.8 Å². The molecule has 2 fully saturated rings. The number of piperidine rings is 1. The quantitative estimate of drug-likeness (QED) is 0.0737. The first-order chi connectivity index (χ1) is 34.4. The van der Waals surface area contributed by atoms with Gasteiger partial charge in [0.15, 0.2) is 11.6 Å². The number of anilines is 2. The van der Waals surface area contributed by atoms with Crippen molar-refractivity contribution >= 4 is 59.4 Å². The number of piperazine rings is 1. The topological polar surface area (TPSA) is 231 Å². The van der Waals surface area contributed by atoms with Gasteiger partial charge in [-0.1, -0.05) is 18.2 Å². The molecule has 3 atom stereocenters. The maximum atomic E-state index is 15.3. The number of hydrogen-bond acceptors (Lipinski definition) is 15. The van der Waals surface area contributed by atoms with E-state index in [1.54, 1.807) is 15.9 Å². The predicted octanol–water partition coefficient (Wildman–Crippen LogP) is 4.32. The van der Waals surface area contributed by atoms with E-state index in [9.17, 15) is 28.8 Å². The Morgan fingerprint density at radius 3 is 2.38 bits per heavy atom. The Balaban J connectivity index is 0.646. The number of amides is 6. The van der Waals surface area contributed by atoms with Gasteiger partial charge in [-0.25, -0.2) is 9.38 Å². The molecule has 8 rings (SSSR count). The molecular weight excluding hydrogens is 918 g/mol. The summed E-state index contributed by atoms with van der Waals surface area (Å²) in [6.45, 7) is 5.55. The second kappa shape index (κ2) is 23.5. The molecular formula is C50H58FN11O9. The molecule has 4 aliphatic heterocycles. The van der Waals surface area contributed by atoms with E-state index in [1.807, 2.05) is 67.2 Å². The summed E-state index contributed by atoms with van der Waals surface area (Å²) < 4.78 is 34.6. The molecule has 0 saturated carbocycles. The lowest BCUT2D eigenvalue weighted by Gasteiger charge is -2.36. The lowest BCUT2D eigenvalue weighted by Crippen LogP contribution is -2.54. The first-order valence-electron chi connectivity index (χ1n) is 24.0. The average Bonchev–Trinajstić information content (AvgIpc) is 3.87. The van der Waals surface area contributed by atoms with Crippen LogP contribution in [-0.2, 0) is 37.4 Å². The van der Waals surface area contributed by atoms with Crippen molar-refractivity contribution < 1.29 is 47.4 Å². The molecule has 71 heavy (non-hydrogen) atoms. The van der Waals surface area contributed by atoms with E-state index >= 15 is 4.39 Å². The largest absolute Gasteiger partial charge is 0.494 e. The Bertz CT molecular complexity index is 2670. The number of imide groups is 2. The van der Waals surface area contributed by atoms with E-state index in [4.69, 9.17) is 14.2 Å². The van der Waals surface area contributed by atoms with E-state index in [0.717, 1.165) is 58.9 Å². The number of nitrogens with one attached hydrogen (secondary N) is 3. The van der Waals surface area contributed by atoms with Gasteiger partial charge in [-0.3, -0.25) is 44.0 Å². The molecule has 6 amide bonds. The minimum absolute atomic E-state index is 0.00472. The highest BCUT2D eigenvalue weighted by Crippen LogP contribution is 2.33. The molecule has 4 aromatic rings. The standard InChI is InChI=1S/C50H58FN11O9/c1-32(55-47(65)34-8-6-9-35(26-34)53-29-43-57-58-46(59(43)2)40-16-17-52-31-54-40)33-10-12-36(13-11-33)71-25-5-3-4-22-69-23-7-24-70-30-45(64)61-20-18-60(19-21-61)42-28-38-37(27-39(42)51)49(67)62(50(38)68)41-14-15-44(63)56-48(41)66/h6,8-13,17,26-28,31-32,40-41,53H,3-5,7,14-16,18-25,29-30H2,1-2H3,(H,55,65)(H,56,63,66)/t32-,40?,41?/m1/s1. The number of unbranched alkanes of at least 4 members (excludes halogenated alkanes) is 2. The number of aromatic nitrogens is 3. The maximum absolute atomic E-state index is 15.3. The van der Waals surface area contributed by atoms with Crippen LogP contribution in [0.15, 0.2) is 70.6 Å². The van der Waals surface area contributed by atoms with Gasteiger partial charge in [-0.2, -0.15) is 0 Å². The number of ether oxygens (including phenoxy) is 3. The molecule has 4 aliphatic rings. The fourth-order valence-electron chi connectivity index (χ4n) is 8.75. The van der Waals surface area contributed by atoms with Crippen molar-refractivity contribution in [2.45, 2.75) is 76.5 Å². The Morgan fingerprint density at radius 1 is 0.873 bits per heavy atom. The smallest absolute Gasteiger partial charge is 0.262 e. The molecule has 21 heteroatoms. The van der Waals surface area contributed by atoms with Crippen LogP contribution in [0.3, 0.4) is 0 Å². The Morgan fingerprint density at radius 2 is 1.62 bits per heavy atom. The van der Waals surface area contributed by atoms with Crippen molar-refractivity contribution in [2.24, 2.45) is 17.0 Å². The molecule has 374 valence electrons. The van der Waals surface area contributed by atoms with E-state index in [-0.39, 0.29) is 60.2 Å². The molecule has 1 aromatic heterocycles. The van der Waals surface area contributed by atoms with Crippen molar-refractivity contribution in [3.8, 4) is 5.75 Å². The first-order valence-corrected chi connectivity index (χ1v) is 24.0. The number of aliphatic imine (C=N–C) groups is 2. The highest BCUT2D eigenvalue weighted by atomic mass is 19.1. The number of benzene rings is 3. The number of nitrogens with zero attached hydrogens (tertiary/aromatic N) is 8. The average molecular weight is 976 g/mol. The van der Waals surface area contributed by atoms with Gasteiger partial charge in [0.2, 0.25) is 17.7 Å². The van der Waals surface area contributed by atoms with Gasteiger partial charge >= 0.3 is 0 Å². The van der Waals surface area contributed by atoms with Crippen LogP contribution in [0.25, 0.3) is 0 Å². The van der Waals surface area contributed by atoms with Gasteiger partial charge in [0.05, 0.1) is 36.0 Å². The van der Waals surface area contributed by atoms with E-state index in [1.165, 1.54) is 12.4 Å². The van der Waals surface area contributed by atoms with Crippen LogP contribution < -0.4 is 25.6 Å². The highest BCUT2D eigenvalue weighted by molar-refractivity contribution is 6.23. The summed E-state index contributed by atoms with van der Waals surface area (Å²) in [6.07, 6.45) is 7.33. The van der Waals surface area contributed by atoms with Gasteiger partial charge in [-0.05, 0) is 87.1 Å². The van der Waals surface area contributed by atoms with Gasteiger partial charge < -0.3 is 39.2 Å². The van der Waals surface area contributed by atoms with Crippen molar-refractivity contribution in [1.82, 2.24) is 35.2 Å². The van der Waals surface area contributed by atoms with Crippen LogP contribution in [0, 0.1) is 5.82 Å². The number of rotatable bonds is 22. The molecule has 0 bridgehead atoms. The summed E-state index contributed by atoms with van der Waals surface area (Å²) in [5.74, 6) is -1.48. The van der Waals surface area contributed by atoms with E-state index in [0.29, 0.717) is 77.6 Å². The van der Waals surface area contributed by atoms with Gasteiger partial charge in [0.1, 0.15) is 36.6 Å². The van der Waals surface area contributed by atoms with Crippen molar-refractivity contribution in [2.75, 3.05) is 69.4 Å². The van der Waals surface area contributed by atoms with Crippen LogP contribution >= 0.6 is 0 Å². The van der Waals surface area contributed by atoms with Crippen molar-refractivity contribution in [1.29, 1.82) is 0 Å². The number of halogens is 1. The van der Waals surface area contributed by atoms with Gasteiger partial charge in [0.25, 0.3) is 17.7 Å². The van der Waals surface area contributed by atoms with Crippen LogP contribution in [0.1, 0.15) is 112 Å². The number of hydrogen-bond donors (Lipinski definition) is 3. The Kier molecular flexibility index (Phi) is 16.5. The second-order valence-corrected chi connectivity index (χ2v) is 17.7. The SMILES string of the molecule is C[C@@H](NC(=O)c1cccc(NCc2nnc(C3CC=NC=N3)n2C)c1)c1ccc(OCCCCCOCCCOCC(=O)N2CCN(c3cc4c(cc3F)C(=O)N(C3CCC(=O)NC3=O)C4=O)CC2)cc1. The van der Waals surface area contributed by atoms with Crippen molar-refractivity contribution in [3.63, 3.8) is 0 Å². The molecule has 2 unspecified atom stereocenters. The summed E-state index contributed by atoms with van der Waals surface area (Å²) in [6, 6.07) is 15.9. The van der Waals surface area contributed by atoms with E-state index < -0.39 is 35.5 Å². The first kappa shape index (κ1) is 50.0. The Hall–Kier alpha value is -7.39. The molecule has 20 nitrogen and oxygen atoms in total. The van der Waals surface area contributed by atoms with Crippen LogP contribution in [-0.4, -0.2) is 138 Å². The number of fused-ring (bicyclic) bond motifs is 1. The van der Waals surface area contributed by atoms with Gasteiger partial charge in [0, 0.05) is 83.4 Å². The Labute approximate surface area is 410 Å². The second-order valence-electron chi connectivity index (χ2n) is 17.7. The van der Waals surface area contributed by atoms with E-state index in [2.05, 4.69) is 36.1 Å². The third-order valence-electron chi connectivity index (χ3n) is 12.8. The molecule has 3 N–H and O–H groups in total. The third-order valence-corrected chi connectivity index (χ3v) is 12.8. The highest BCUT2D eigenvalue weighted by Gasteiger charge is 2.45. The fourth-order valence-corrected chi connectivity index (χ4v) is 8.75. The fraction of sp³-hybridized carbons (Fsp3) is 0.440. The molecule has 2 saturated heterocycles. The minimum atomic E-state index is -1.14. The zero-order valence-corrected chi connectivity index (χ0v) is 39.8. The minimum Gasteiger partial charge on any atom is -0.494 e. The molecule has 0 aliphatic carbocycles. The van der Waals surface area contributed by atoms with Gasteiger partial charge in [-0.15, -0.1) is 10.2 Å². The lowest BCUT2D eigenvalue weighted by atomic mass is 10.0. The third kappa shape index (κ3) is 12.3. The number of carbonyl (C=O) groups excluding carboxylic acids is 6. The summed E-state index contributed by atoms with van der Waals surface area (Å²) in [4.78, 5) is 88.9. The maximum Gasteiger partial charge on any atom is 0.262 e. The molecule has 0 radical (unpaired) electrons. The predicted molar refractivity (Wildman–Crippen MR) is 259 cm³/mol. The summed E-state index contributed by atoms with van der Waals surface area (Å²) in [7, 11) is 1.92. The lowest BCUT2D eigenvalue weighted by molar-refractivity contribution is -0.137. The molecule has 3 aromatic carbocycles. The van der Waals surface area contributed by atoms with Crippen molar-refractivity contribution in [3.05, 3.63) is 100 Å². The zero-order valence-electron chi connectivity index (χ0n) is 39.8. The normalized spacial score (nSPS) is 18.2. The van der Waals surface area contributed by atoms with Crippen LogP contribution in [0.5, 0.6) is 5.75 Å². The summed E-state index contributed by atoms with van der Waals surface area (Å²) in [5.41, 5.74) is 2.27. The zero-order chi connectivity index (χ0) is 49.9. The molecule has 0 spiro atoms. The molecule has 5 heterocycles. The summed E-state index contributed by atoms with van der Waals surface area (Å²) >= 11 is 0. The van der Waals surface area contributed by atoms with Crippen LogP contribution in [0.2, 0.25) is 0 Å².